The van der Waals surface area contributed by atoms with Gasteiger partial charge >= 0.3 is 0 Å². The van der Waals surface area contributed by atoms with Crippen LogP contribution in [0.25, 0.3) is 0 Å². The van der Waals surface area contributed by atoms with E-state index in [0.717, 1.165) is 38.7 Å². The predicted molar refractivity (Wildman–Crippen MR) is 80.6 cm³/mol. The van der Waals surface area contributed by atoms with Crippen LogP contribution in [-0.4, -0.2) is 18.0 Å². The summed E-state index contributed by atoms with van der Waals surface area (Å²) in [6.45, 7) is 7.77. The molecule has 0 radical (unpaired) electrons. The van der Waals surface area contributed by atoms with Crippen LogP contribution in [0.1, 0.15) is 72.1 Å². The van der Waals surface area contributed by atoms with Gasteiger partial charge in [0.05, 0.1) is 12.2 Å². The lowest BCUT2D eigenvalue weighted by atomic mass is 9.59. The number of allylic oxidation sites excluding steroid dienone is 2. The van der Waals surface area contributed by atoms with E-state index in [2.05, 4.69) is 20.8 Å². The maximum atomic E-state index is 12.4. The van der Waals surface area contributed by atoms with Crippen LogP contribution in [-0.2, 0) is 9.53 Å². The van der Waals surface area contributed by atoms with Gasteiger partial charge in [-0.05, 0) is 62.4 Å². The molecular formula is C18H28O2. The summed E-state index contributed by atoms with van der Waals surface area (Å²) in [5.41, 5.74) is 3.13. The second-order valence-corrected chi connectivity index (χ2v) is 7.59. The molecule has 1 saturated heterocycles. The minimum absolute atomic E-state index is 0.116. The Labute approximate surface area is 123 Å². The van der Waals surface area contributed by atoms with Crippen molar-refractivity contribution in [1.82, 2.24) is 0 Å². The molecule has 0 bridgehead atoms. The van der Waals surface area contributed by atoms with E-state index in [-0.39, 0.29) is 5.60 Å². The van der Waals surface area contributed by atoms with Gasteiger partial charge in [-0.15, -0.1) is 0 Å². The van der Waals surface area contributed by atoms with Crippen LogP contribution in [0.4, 0.5) is 0 Å². The van der Waals surface area contributed by atoms with Gasteiger partial charge in [0.1, 0.15) is 0 Å². The quantitative estimate of drug-likeness (QED) is 0.711. The third-order valence-corrected chi connectivity index (χ3v) is 6.07. The molecule has 0 aromatic carbocycles. The maximum Gasteiger partial charge on any atom is 0.158 e. The Morgan fingerprint density at radius 1 is 1.30 bits per heavy atom. The number of ether oxygens (including phenoxy) is 1. The summed E-state index contributed by atoms with van der Waals surface area (Å²) in [6.07, 6.45) is 8.80. The molecule has 3 rings (SSSR count). The van der Waals surface area contributed by atoms with Crippen LogP contribution in [0.2, 0.25) is 0 Å². The van der Waals surface area contributed by atoms with Crippen molar-refractivity contribution in [2.75, 3.05) is 6.61 Å². The van der Waals surface area contributed by atoms with Gasteiger partial charge in [0, 0.05) is 6.42 Å². The molecule has 1 aliphatic heterocycles. The number of unbranched alkanes of at least 4 members (excludes halogenated alkanes) is 1. The van der Waals surface area contributed by atoms with Gasteiger partial charge in [0.2, 0.25) is 0 Å². The fourth-order valence-electron chi connectivity index (χ4n) is 4.23. The molecule has 0 amide bonds. The molecule has 20 heavy (non-hydrogen) atoms. The molecule has 1 saturated carbocycles. The first-order chi connectivity index (χ1) is 9.48. The van der Waals surface area contributed by atoms with Crippen LogP contribution >= 0.6 is 0 Å². The molecule has 112 valence electrons. The second-order valence-electron chi connectivity index (χ2n) is 7.59. The highest BCUT2D eigenvalue weighted by molar-refractivity contribution is 5.97. The van der Waals surface area contributed by atoms with E-state index in [1.165, 1.54) is 30.4 Å². The Bertz CT molecular complexity index is 444. The highest BCUT2D eigenvalue weighted by atomic mass is 16.6. The standard InChI is InChI=1S/C18H28O2/c1-4-5-6-14-15-11-13(18(3)12-20-18)7-9-17(15,2)10-8-16(14)19/h13H,4-12H2,1-3H3/t13-,17-,18?/m1/s1. The number of carbonyl (C=O) groups is 1. The molecule has 3 atom stereocenters. The second kappa shape index (κ2) is 4.98. The normalized spacial score (nSPS) is 40.8. The zero-order chi connectivity index (χ0) is 14.4. The fraction of sp³-hybridized carbons (Fsp3) is 0.833. The molecule has 3 aliphatic rings. The molecule has 2 nitrogen and oxygen atoms in total. The zero-order valence-corrected chi connectivity index (χ0v) is 13.3. The summed E-state index contributed by atoms with van der Waals surface area (Å²) in [7, 11) is 0. The van der Waals surface area contributed by atoms with E-state index in [4.69, 9.17) is 4.74 Å². The molecule has 0 aromatic rings. The third kappa shape index (κ3) is 2.36. The monoisotopic (exact) mass is 276 g/mol. The molecule has 0 N–H and O–H groups in total. The van der Waals surface area contributed by atoms with E-state index >= 15 is 0 Å². The largest absolute Gasteiger partial charge is 0.370 e. The summed E-state index contributed by atoms with van der Waals surface area (Å²) in [4.78, 5) is 12.4. The van der Waals surface area contributed by atoms with Gasteiger partial charge in [-0.25, -0.2) is 0 Å². The number of hydrogen-bond donors (Lipinski definition) is 0. The van der Waals surface area contributed by atoms with Gasteiger partial charge in [-0.2, -0.15) is 0 Å². The Balaban J connectivity index is 1.89. The number of rotatable bonds is 4. The molecule has 0 spiro atoms. The van der Waals surface area contributed by atoms with Gasteiger partial charge < -0.3 is 4.74 Å². The summed E-state index contributed by atoms with van der Waals surface area (Å²) >= 11 is 0. The maximum absolute atomic E-state index is 12.4. The van der Waals surface area contributed by atoms with Crippen LogP contribution < -0.4 is 0 Å². The van der Waals surface area contributed by atoms with Crippen molar-refractivity contribution in [1.29, 1.82) is 0 Å². The minimum Gasteiger partial charge on any atom is -0.370 e. The van der Waals surface area contributed by atoms with Crippen molar-refractivity contribution in [2.24, 2.45) is 11.3 Å². The summed E-state index contributed by atoms with van der Waals surface area (Å²) in [5, 5.41) is 0. The smallest absolute Gasteiger partial charge is 0.158 e. The lowest BCUT2D eigenvalue weighted by molar-refractivity contribution is -0.117. The van der Waals surface area contributed by atoms with E-state index in [9.17, 15) is 4.79 Å². The van der Waals surface area contributed by atoms with Crippen LogP contribution in [0, 0.1) is 11.3 Å². The van der Waals surface area contributed by atoms with Crippen LogP contribution in [0.5, 0.6) is 0 Å². The molecule has 2 heteroatoms. The Morgan fingerprint density at radius 3 is 2.70 bits per heavy atom. The lowest BCUT2D eigenvalue weighted by Crippen LogP contribution is -2.37. The predicted octanol–water partition coefficient (Wildman–Crippen LogP) is 4.43. The first-order valence-electron chi connectivity index (χ1n) is 8.38. The molecule has 1 heterocycles. The van der Waals surface area contributed by atoms with Gasteiger partial charge in [0.25, 0.3) is 0 Å². The number of Topliss-reactive ketones (excluding diaryl/α,β-unsaturated/α-hetero) is 1. The SMILES string of the molecule is CCCCC1=C2C[C@H](C3(C)CO3)CC[C@]2(C)CCC1=O. The van der Waals surface area contributed by atoms with E-state index in [1.54, 1.807) is 0 Å². The third-order valence-electron chi connectivity index (χ3n) is 6.07. The van der Waals surface area contributed by atoms with E-state index < -0.39 is 0 Å². The molecule has 0 aromatic heterocycles. The highest BCUT2D eigenvalue weighted by Crippen LogP contribution is 2.55. The number of ketones is 1. The minimum atomic E-state index is 0.116. The van der Waals surface area contributed by atoms with Crippen molar-refractivity contribution in [3.8, 4) is 0 Å². The van der Waals surface area contributed by atoms with E-state index in [1.807, 2.05) is 0 Å². The van der Waals surface area contributed by atoms with Crippen molar-refractivity contribution in [2.45, 2.75) is 77.7 Å². The topological polar surface area (TPSA) is 29.6 Å². The van der Waals surface area contributed by atoms with Gasteiger partial charge in [-0.1, -0.05) is 25.8 Å². The fourth-order valence-corrected chi connectivity index (χ4v) is 4.23. The zero-order valence-electron chi connectivity index (χ0n) is 13.3. The highest BCUT2D eigenvalue weighted by Gasteiger charge is 2.51. The number of fused-ring (bicyclic) bond motifs is 1. The van der Waals surface area contributed by atoms with Crippen LogP contribution in [0.15, 0.2) is 11.1 Å². The molecule has 2 fully saturated rings. The first kappa shape index (κ1) is 14.3. The van der Waals surface area contributed by atoms with Crippen molar-refractivity contribution >= 4 is 5.78 Å². The van der Waals surface area contributed by atoms with Crippen molar-refractivity contribution in [3.63, 3.8) is 0 Å². The average Bonchev–Trinajstić information content (AvgIpc) is 3.17. The van der Waals surface area contributed by atoms with Gasteiger partial charge in [-0.3, -0.25) is 4.79 Å². The number of epoxide rings is 1. The summed E-state index contributed by atoms with van der Waals surface area (Å²) < 4.78 is 5.68. The molecule has 1 unspecified atom stereocenters. The number of hydrogen-bond acceptors (Lipinski definition) is 2. The van der Waals surface area contributed by atoms with Crippen LogP contribution in [0.3, 0.4) is 0 Å². The summed E-state index contributed by atoms with van der Waals surface area (Å²) in [6, 6.07) is 0. The van der Waals surface area contributed by atoms with Crippen molar-refractivity contribution < 1.29 is 9.53 Å². The number of carbonyl (C=O) groups excluding carboxylic acids is 1. The van der Waals surface area contributed by atoms with Gasteiger partial charge in [0.15, 0.2) is 5.78 Å². The van der Waals surface area contributed by atoms with Crippen molar-refractivity contribution in [3.05, 3.63) is 11.1 Å². The average molecular weight is 276 g/mol. The Morgan fingerprint density at radius 2 is 2.05 bits per heavy atom. The van der Waals surface area contributed by atoms with E-state index in [0.29, 0.717) is 17.1 Å². The lowest BCUT2D eigenvalue weighted by Gasteiger charge is -2.45. The first-order valence-corrected chi connectivity index (χ1v) is 8.38. The Hall–Kier alpha value is -0.630. The Kier molecular flexibility index (Phi) is 3.56. The molecular weight excluding hydrogens is 248 g/mol. The summed E-state index contributed by atoms with van der Waals surface area (Å²) in [5.74, 6) is 1.07. The molecule has 2 aliphatic carbocycles.